The summed E-state index contributed by atoms with van der Waals surface area (Å²) >= 11 is 0. The fourth-order valence-electron chi connectivity index (χ4n) is 2.62. The first-order chi connectivity index (χ1) is 11.2. The van der Waals surface area contributed by atoms with E-state index in [1.807, 2.05) is 24.3 Å². The summed E-state index contributed by atoms with van der Waals surface area (Å²) in [4.78, 5) is 24.0. The Morgan fingerprint density at radius 1 is 1.17 bits per heavy atom. The molecule has 0 aromatic heterocycles. The van der Waals surface area contributed by atoms with Crippen LogP contribution < -0.4 is 15.4 Å². The molecule has 0 bridgehead atoms. The summed E-state index contributed by atoms with van der Waals surface area (Å²) in [5.74, 6) is 0.529. The van der Waals surface area contributed by atoms with Gasteiger partial charge < -0.3 is 15.4 Å². The lowest BCUT2D eigenvalue weighted by molar-refractivity contribution is -0.116. The van der Waals surface area contributed by atoms with Crippen LogP contribution in [-0.4, -0.2) is 18.9 Å². The maximum absolute atomic E-state index is 12.4. The van der Waals surface area contributed by atoms with Crippen molar-refractivity contribution >= 4 is 23.2 Å². The average molecular weight is 310 g/mol. The van der Waals surface area contributed by atoms with E-state index in [-0.39, 0.29) is 11.8 Å². The Bertz CT molecular complexity index is 756. The molecule has 23 heavy (non-hydrogen) atoms. The van der Waals surface area contributed by atoms with Gasteiger partial charge in [0.25, 0.3) is 5.91 Å². The van der Waals surface area contributed by atoms with Crippen molar-refractivity contribution in [3.63, 3.8) is 0 Å². The van der Waals surface area contributed by atoms with Crippen LogP contribution in [0.4, 0.5) is 11.4 Å². The number of methoxy groups -OCH3 is 1. The smallest absolute Gasteiger partial charge is 0.255 e. The number of rotatable bonds is 3. The molecule has 2 aromatic rings. The van der Waals surface area contributed by atoms with Crippen LogP contribution in [0.5, 0.6) is 5.75 Å². The lowest BCUT2D eigenvalue weighted by atomic mass is 10.0. The number of amides is 2. The van der Waals surface area contributed by atoms with Crippen molar-refractivity contribution in [2.45, 2.75) is 19.3 Å². The van der Waals surface area contributed by atoms with Crippen LogP contribution in [0.25, 0.3) is 0 Å². The number of ether oxygens (including phenoxy) is 1. The van der Waals surface area contributed by atoms with Gasteiger partial charge in [0.15, 0.2) is 0 Å². The number of nitrogens with one attached hydrogen (secondary N) is 2. The number of hydrogen-bond acceptors (Lipinski definition) is 3. The molecule has 0 unspecified atom stereocenters. The van der Waals surface area contributed by atoms with Gasteiger partial charge in [-0.25, -0.2) is 0 Å². The number of fused-ring (bicyclic) bond motifs is 1. The Balaban J connectivity index is 1.80. The van der Waals surface area contributed by atoms with Crippen LogP contribution in [-0.2, 0) is 11.2 Å². The van der Waals surface area contributed by atoms with Crippen LogP contribution in [0.1, 0.15) is 28.8 Å². The molecule has 5 heteroatoms. The Morgan fingerprint density at radius 2 is 2.04 bits per heavy atom. The van der Waals surface area contributed by atoms with E-state index >= 15 is 0 Å². The van der Waals surface area contributed by atoms with Crippen molar-refractivity contribution in [2.24, 2.45) is 0 Å². The van der Waals surface area contributed by atoms with E-state index in [1.165, 1.54) is 0 Å². The van der Waals surface area contributed by atoms with E-state index in [0.29, 0.717) is 23.4 Å². The molecule has 2 N–H and O–H groups in total. The Kier molecular flexibility index (Phi) is 4.28. The van der Waals surface area contributed by atoms with E-state index in [4.69, 9.17) is 4.74 Å². The number of carbonyl (C=O) groups excluding carboxylic acids is 2. The lowest BCUT2D eigenvalue weighted by Gasteiger charge is -2.10. The van der Waals surface area contributed by atoms with E-state index < -0.39 is 0 Å². The molecule has 0 saturated heterocycles. The SMILES string of the molecule is COc1cccc(NC(=O)c2ccc3c(c2)CCCC(=O)N3)c1. The van der Waals surface area contributed by atoms with Crippen molar-refractivity contribution < 1.29 is 14.3 Å². The normalized spacial score (nSPS) is 13.5. The fourth-order valence-corrected chi connectivity index (χ4v) is 2.62. The van der Waals surface area contributed by atoms with Gasteiger partial charge in [-0.15, -0.1) is 0 Å². The summed E-state index contributed by atoms with van der Waals surface area (Å²) in [6, 6.07) is 12.6. The minimum absolute atomic E-state index is 0.0253. The van der Waals surface area contributed by atoms with Crippen LogP contribution in [0, 0.1) is 0 Å². The van der Waals surface area contributed by atoms with Crippen LogP contribution >= 0.6 is 0 Å². The third-order valence-corrected chi connectivity index (χ3v) is 3.82. The van der Waals surface area contributed by atoms with Crippen molar-refractivity contribution in [3.8, 4) is 5.75 Å². The quantitative estimate of drug-likeness (QED) is 0.914. The zero-order valence-electron chi connectivity index (χ0n) is 12.9. The summed E-state index contributed by atoms with van der Waals surface area (Å²) in [5.41, 5.74) is 3.04. The first kappa shape index (κ1) is 15.1. The number of benzene rings is 2. The molecule has 5 nitrogen and oxygen atoms in total. The molecule has 1 aliphatic rings. The summed E-state index contributed by atoms with van der Waals surface area (Å²) in [6.45, 7) is 0. The highest BCUT2D eigenvalue weighted by Crippen LogP contribution is 2.24. The maximum Gasteiger partial charge on any atom is 0.255 e. The van der Waals surface area contributed by atoms with Gasteiger partial charge in [-0.3, -0.25) is 9.59 Å². The average Bonchev–Trinajstić information content (AvgIpc) is 2.74. The monoisotopic (exact) mass is 310 g/mol. The van der Waals surface area contributed by atoms with E-state index in [1.54, 1.807) is 25.3 Å². The topological polar surface area (TPSA) is 67.4 Å². The predicted octanol–water partition coefficient (Wildman–Crippen LogP) is 3.22. The molecule has 0 fully saturated rings. The standard InChI is InChI=1S/C18H18N2O3/c1-23-15-6-3-5-14(11-15)19-18(22)13-8-9-16-12(10-13)4-2-7-17(21)20-16/h3,5-6,8-11H,2,4,7H2,1H3,(H,19,22)(H,20,21). The second-order valence-electron chi connectivity index (χ2n) is 5.46. The largest absolute Gasteiger partial charge is 0.497 e. The molecule has 3 rings (SSSR count). The predicted molar refractivity (Wildman–Crippen MR) is 89.0 cm³/mol. The Morgan fingerprint density at radius 3 is 2.87 bits per heavy atom. The Hall–Kier alpha value is -2.82. The molecule has 0 aliphatic carbocycles. The summed E-state index contributed by atoms with van der Waals surface area (Å²) < 4.78 is 5.15. The summed E-state index contributed by atoms with van der Waals surface area (Å²) in [7, 11) is 1.59. The zero-order chi connectivity index (χ0) is 16.2. The van der Waals surface area contributed by atoms with Crippen molar-refractivity contribution in [1.29, 1.82) is 0 Å². The van der Waals surface area contributed by atoms with Gasteiger partial charge in [-0.05, 0) is 48.7 Å². The van der Waals surface area contributed by atoms with Crippen molar-refractivity contribution in [2.75, 3.05) is 17.7 Å². The second kappa shape index (κ2) is 6.52. The maximum atomic E-state index is 12.4. The molecule has 0 radical (unpaired) electrons. The molecular formula is C18H18N2O3. The van der Waals surface area contributed by atoms with E-state index in [0.717, 1.165) is 24.1 Å². The van der Waals surface area contributed by atoms with Crippen LogP contribution in [0.2, 0.25) is 0 Å². The molecular weight excluding hydrogens is 292 g/mol. The van der Waals surface area contributed by atoms with E-state index in [9.17, 15) is 9.59 Å². The highest BCUT2D eigenvalue weighted by atomic mass is 16.5. The highest BCUT2D eigenvalue weighted by Gasteiger charge is 2.15. The molecule has 2 amide bonds. The van der Waals surface area contributed by atoms with Gasteiger partial charge in [0.2, 0.25) is 5.91 Å². The molecule has 1 aliphatic heterocycles. The molecule has 118 valence electrons. The lowest BCUT2D eigenvalue weighted by Crippen LogP contribution is -2.13. The Labute approximate surface area is 134 Å². The van der Waals surface area contributed by atoms with Gasteiger partial charge in [0, 0.05) is 29.4 Å². The molecule has 2 aromatic carbocycles. The van der Waals surface area contributed by atoms with Gasteiger partial charge in [0.1, 0.15) is 5.75 Å². The number of aryl methyl sites for hydroxylation is 1. The molecule has 0 spiro atoms. The highest BCUT2D eigenvalue weighted by molar-refractivity contribution is 6.05. The van der Waals surface area contributed by atoms with Gasteiger partial charge >= 0.3 is 0 Å². The van der Waals surface area contributed by atoms with Gasteiger partial charge in [-0.2, -0.15) is 0 Å². The number of anilines is 2. The molecule has 0 saturated carbocycles. The van der Waals surface area contributed by atoms with Crippen LogP contribution in [0.3, 0.4) is 0 Å². The fraction of sp³-hybridized carbons (Fsp3) is 0.222. The summed E-state index contributed by atoms with van der Waals surface area (Å²) in [5, 5.41) is 5.72. The van der Waals surface area contributed by atoms with Crippen molar-refractivity contribution in [3.05, 3.63) is 53.6 Å². The molecule has 1 heterocycles. The summed E-state index contributed by atoms with van der Waals surface area (Å²) in [6.07, 6.45) is 2.09. The van der Waals surface area contributed by atoms with Gasteiger partial charge in [0.05, 0.1) is 7.11 Å². The van der Waals surface area contributed by atoms with Crippen molar-refractivity contribution in [1.82, 2.24) is 0 Å². The third-order valence-electron chi connectivity index (χ3n) is 3.82. The van der Waals surface area contributed by atoms with E-state index in [2.05, 4.69) is 10.6 Å². The third kappa shape index (κ3) is 3.51. The minimum atomic E-state index is -0.184. The second-order valence-corrected chi connectivity index (χ2v) is 5.46. The van der Waals surface area contributed by atoms with Gasteiger partial charge in [-0.1, -0.05) is 6.07 Å². The first-order valence-electron chi connectivity index (χ1n) is 7.54. The molecule has 0 atom stereocenters. The minimum Gasteiger partial charge on any atom is -0.497 e. The number of carbonyl (C=O) groups is 2. The zero-order valence-corrected chi connectivity index (χ0v) is 12.9. The number of hydrogen-bond donors (Lipinski definition) is 2. The van der Waals surface area contributed by atoms with Crippen LogP contribution in [0.15, 0.2) is 42.5 Å². The first-order valence-corrected chi connectivity index (χ1v) is 7.54.